The summed E-state index contributed by atoms with van der Waals surface area (Å²) < 4.78 is 2.17. The Morgan fingerprint density at radius 1 is 1.18 bits per heavy atom. The number of nitrogens with two attached hydrogens (primary N) is 1. The maximum atomic E-state index is 11.4. The fourth-order valence-electron chi connectivity index (χ4n) is 5.62. The van der Waals surface area contributed by atoms with Gasteiger partial charge in [-0.05, 0) is 86.9 Å². The van der Waals surface area contributed by atoms with E-state index in [0.717, 1.165) is 62.4 Å². The number of carbonyl (C=O) groups is 2. The number of carboxylic acids is 1. The molecule has 10 nitrogen and oxygen atoms in total. The van der Waals surface area contributed by atoms with Crippen LogP contribution in [0.15, 0.2) is 36.7 Å². The quantitative estimate of drug-likeness (QED) is 0.349. The molecule has 1 amide bonds. The third kappa shape index (κ3) is 6.14. The molecule has 0 saturated carbocycles. The van der Waals surface area contributed by atoms with Gasteiger partial charge in [-0.2, -0.15) is 5.10 Å². The lowest BCUT2D eigenvalue weighted by atomic mass is 9.92. The molecule has 2 atom stereocenters. The third-order valence-corrected chi connectivity index (χ3v) is 7.91. The summed E-state index contributed by atoms with van der Waals surface area (Å²) in [6.45, 7) is 6.36. The minimum atomic E-state index is -1.54. The van der Waals surface area contributed by atoms with E-state index >= 15 is 0 Å². The molecule has 1 aromatic carbocycles. The number of hydrogen-bond acceptors (Lipinski definition) is 7. The monoisotopic (exact) mass is 519 g/mol. The maximum Gasteiger partial charge on any atom is 0.394 e. The molecule has 2 aromatic heterocycles. The molecule has 0 unspecified atom stereocenters. The van der Waals surface area contributed by atoms with E-state index in [1.165, 1.54) is 30.0 Å². The van der Waals surface area contributed by atoms with Gasteiger partial charge in [-0.1, -0.05) is 13.0 Å². The van der Waals surface area contributed by atoms with Crippen LogP contribution in [0.25, 0.3) is 10.9 Å². The summed E-state index contributed by atoms with van der Waals surface area (Å²) in [5.74, 6) is -1.47. The molecular formula is C28H37N7O3. The number of pyridine rings is 1. The number of carbonyl (C=O) groups excluding carboxylic acids is 1. The van der Waals surface area contributed by atoms with Crippen molar-refractivity contribution in [2.75, 3.05) is 37.2 Å². The molecule has 0 radical (unpaired) electrons. The predicted molar refractivity (Wildman–Crippen MR) is 147 cm³/mol. The van der Waals surface area contributed by atoms with Crippen molar-refractivity contribution in [1.29, 1.82) is 0 Å². The fraction of sp³-hybridized carbons (Fsp3) is 0.500. The van der Waals surface area contributed by atoms with E-state index in [9.17, 15) is 9.59 Å². The Morgan fingerprint density at radius 3 is 2.74 bits per heavy atom. The minimum absolute atomic E-state index is 0.339. The lowest BCUT2D eigenvalue weighted by Gasteiger charge is -2.32. The maximum absolute atomic E-state index is 11.4. The number of anilines is 2. The summed E-state index contributed by atoms with van der Waals surface area (Å²) in [7, 11) is 0. The van der Waals surface area contributed by atoms with E-state index in [1.54, 1.807) is 6.07 Å². The Kier molecular flexibility index (Phi) is 7.90. The highest BCUT2D eigenvalue weighted by Gasteiger charge is 2.23. The average Bonchev–Trinajstić information content (AvgIpc) is 3.35. The van der Waals surface area contributed by atoms with E-state index < -0.39 is 11.9 Å². The standard InChI is InChI=1S/C28H37N7O3/c1-18-4-6-24(30-15-18)19-5-7-25-21(13-19)17-35(33-25)23-8-11-34(12-9-23)10-2-3-20-14-22(16-31-26(20)29)32-27(36)28(37)38/h5,7,13-14,16-18,23-24,30H,2-4,6,8-12,15H2,1H3,(H2,29,31)(H,32,36)(H,37,38)/t18-,24+/m0/s1. The van der Waals surface area contributed by atoms with Gasteiger partial charge >= 0.3 is 11.9 Å². The molecule has 10 heteroatoms. The first-order valence-electron chi connectivity index (χ1n) is 13.6. The van der Waals surface area contributed by atoms with Crippen LogP contribution in [0.1, 0.15) is 62.2 Å². The molecule has 2 aliphatic rings. The van der Waals surface area contributed by atoms with Crippen molar-refractivity contribution in [3.63, 3.8) is 0 Å². The summed E-state index contributed by atoms with van der Waals surface area (Å²) in [4.78, 5) is 28.7. The van der Waals surface area contributed by atoms with Crippen LogP contribution in [0.3, 0.4) is 0 Å². The highest BCUT2D eigenvalue weighted by atomic mass is 16.4. The number of nitrogens with zero attached hydrogens (tertiary/aromatic N) is 4. The molecule has 5 rings (SSSR count). The average molecular weight is 520 g/mol. The van der Waals surface area contributed by atoms with Gasteiger partial charge in [0.25, 0.3) is 0 Å². The van der Waals surface area contributed by atoms with E-state index in [0.29, 0.717) is 30.0 Å². The zero-order valence-electron chi connectivity index (χ0n) is 21.9. The van der Waals surface area contributed by atoms with Gasteiger partial charge in [-0.15, -0.1) is 0 Å². The molecule has 38 heavy (non-hydrogen) atoms. The first-order chi connectivity index (χ1) is 18.4. The first kappa shape index (κ1) is 26.1. The molecule has 5 N–H and O–H groups in total. The van der Waals surface area contributed by atoms with E-state index in [-0.39, 0.29) is 0 Å². The summed E-state index contributed by atoms with van der Waals surface area (Å²) >= 11 is 0. The Balaban J connectivity index is 1.11. The van der Waals surface area contributed by atoms with Gasteiger partial charge < -0.3 is 26.4 Å². The third-order valence-electron chi connectivity index (χ3n) is 7.91. The number of nitrogens with one attached hydrogen (secondary N) is 2. The van der Waals surface area contributed by atoms with Gasteiger partial charge in [0, 0.05) is 30.7 Å². The van der Waals surface area contributed by atoms with Gasteiger partial charge in [0.1, 0.15) is 5.82 Å². The van der Waals surface area contributed by atoms with Crippen molar-refractivity contribution in [2.24, 2.45) is 5.92 Å². The summed E-state index contributed by atoms with van der Waals surface area (Å²) in [5, 5.41) is 20.9. The normalized spacial score (nSPS) is 21.0. The number of benzene rings is 1. The number of piperidine rings is 2. The van der Waals surface area contributed by atoms with Crippen LogP contribution < -0.4 is 16.4 Å². The highest BCUT2D eigenvalue weighted by molar-refractivity contribution is 6.36. The summed E-state index contributed by atoms with van der Waals surface area (Å²) in [6.07, 6.45) is 9.77. The van der Waals surface area contributed by atoms with Crippen LogP contribution in [0.2, 0.25) is 0 Å². The second-order valence-electron chi connectivity index (χ2n) is 10.8. The predicted octanol–water partition coefficient (Wildman–Crippen LogP) is 3.37. The summed E-state index contributed by atoms with van der Waals surface area (Å²) in [6, 6.07) is 9.26. The topological polar surface area (TPSA) is 138 Å². The Bertz CT molecular complexity index is 1290. The molecular weight excluding hydrogens is 482 g/mol. The lowest BCUT2D eigenvalue weighted by Crippen LogP contribution is -2.35. The fourth-order valence-corrected chi connectivity index (χ4v) is 5.62. The molecule has 2 aliphatic heterocycles. The van der Waals surface area contributed by atoms with E-state index in [4.69, 9.17) is 15.9 Å². The van der Waals surface area contributed by atoms with Gasteiger partial charge in [-0.3, -0.25) is 9.48 Å². The number of nitrogen functional groups attached to an aromatic ring is 1. The molecule has 2 fully saturated rings. The van der Waals surface area contributed by atoms with Gasteiger partial charge in [0.2, 0.25) is 0 Å². The highest BCUT2D eigenvalue weighted by Crippen LogP contribution is 2.29. The largest absolute Gasteiger partial charge is 0.474 e. The lowest BCUT2D eigenvalue weighted by molar-refractivity contribution is -0.147. The minimum Gasteiger partial charge on any atom is -0.474 e. The van der Waals surface area contributed by atoms with E-state index in [1.807, 2.05) is 0 Å². The number of aromatic nitrogens is 3. The molecule has 0 bridgehead atoms. The second kappa shape index (κ2) is 11.5. The SMILES string of the molecule is C[C@H]1CC[C@H](c2ccc3nn(C4CCN(CCCc5cc(NC(=O)C(=O)O)cnc5N)CC4)cc3c2)NC1. The number of rotatable bonds is 7. The van der Waals surface area contributed by atoms with Crippen LogP contribution >= 0.6 is 0 Å². The summed E-state index contributed by atoms with van der Waals surface area (Å²) in [5.41, 5.74) is 9.58. The second-order valence-corrected chi connectivity index (χ2v) is 10.8. The number of aliphatic carboxylic acids is 1. The van der Waals surface area contributed by atoms with Crippen molar-refractivity contribution in [3.05, 3.63) is 47.8 Å². The number of likely N-dealkylation sites (tertiary alicyclic amines) is 1. The number of aryl methyl sites for hydroxylation is 1. The van der Waals surface area contributed by atoms with Gasteiger partial charge in [-0.25, -0.2) is 9.78 Å². The van der Waals surface area contributed by atoms with Crippen LogP contribution in [0, 0.1) is 5.92 Å². The Hall–Kier alpha value is -3.50. The van der Waals surface area contributed by atoms with Crippen LogP contribution in [-0.2, 0) is 16.0 Å². The van der Waals surface area contributed by atoms with E-state index in [2.05, 4.69) is 56.5 Å². The molecule has 0 spiro atoms. The van der Waals surface area contributed by atoms with Gasteiger partial charge in [0.05, 0.1) is 23.4 Å². The number of amides is 1. The number of carboxylic acid groups (broad SMARTS) is 1. The van der Waals surface area contributed by atoms with Crippen molar-refractivity contribution >= 4 is 34.3 Å². The molecule has 2 saturated heterocycles. The van der Waals surface area contributed by atoms with Crippen molar-refractivity contribution < 1.29 is 14.7 Å². The Labute approximate surface area is 222 Å². The zero-order valence-corrected chi connectivity index (χ0v) is 21.9. The van der Waals surface area contributed by atoms with Crippen molar-refractivity contribution in [2.45, 2.75) is 57.5 Å². The zero-order chi connectivity index (χ0) is 26.6. The van der Waals surface area contributed by atoms with Crippen LogP contribution in [0.5, 0.6) is 0 Å². The van der Waals surface area contributed by atoms with Crippen LogP contribution in [-0.4, -0.2) is 62.8 Å². The number of hydrogen-bond donors (Lipinski definition) is 4. The van der Waals surface area contributed by atoms with Crippen molar-refractivity contribution in [3.8, 4) is 0 Å². The van der Waals surface area contributed by atoms with Gasteiger partial charge in [0.15, 0.2) is 0 Å². The van der Waals surface area contributed by atoms with Crippen molar-refractivity contribution in [1.82, 2.24) is 25.0 Å². The first-order valence-corrected chi connectivity index (χ1v) is 13.6. The number of fused-ring (bicyclic) bond motifs is 1. The molecule has 202 valence electrons. The Morgan fingerprint density at radius 2 is 2.00 bits per heavy atom. The molecule has 4 heterocycles. The smallest absolute Gasteiger partial charge is 0.394 e. The molecule has 3 aromatic rings. The molecule has 0 aliphatic carbocycles. The van der Waals surface area contributed by atoms with Crippen LogP contribution in [0.4, 0.5) is 11.5 Å².